The fourth-order valence-corrected chi connectivity index (χ4v) is 3.51. The number of carbonyl (C=O) groups is 2. The maximum absolute atomic E-state index is 12.9. The molecule has 2 N–H and O–H groups in total. The molecule has 2 amide bonds. The van der Waals surface area contributed by atoms with E-state index in [1.165, 1.54) is 17.0 Å². The summed E-state index contributed by atoms with van der Waals surface area (Å²) >= 11 is 0. The summed E-state index contributed by atoms with van der Waals surface area (Å²) in [5.41, 5.74) is 0.496. The number of amides is 2. The van der Waals surface area contributed by atoms with Crippen LogP contribution in [-0.4, -0.2) is 33.4 Å². The maximum Gasteiger partial charge on any atom is 0.439 e. The number of hydrogen-bond acceptors (Lipinski definition) is 5. The van der Waals surface area contributed by atoms with Crippen molar-refractivity contribution >= 4 is 17.5 Å². The molecule has 166 valence electrons. The molecule has 0 aliphatic carbocycles. The van der Waals surface area contributed by atoms with Crippen molar-refractivity contribution in [3.63, 3.8) is 0 Å². The number of likely N-dealkylation sites (tertiary alicyclic amines) is 1. The van der Waals surface area contributed by atoms with E-state index in [2.05, 4.69) is 20.0 Å². The molecule has 4 rings (SSSR count). The highest BCUT2D eigenvalue weighted by Gasteiger charge is 2.35. The molecule has 2 aromatic carbocycles. The van der Waals surface area contributed by atoms with Crippen LogP contribution in [0.4, 0.5) is 18.9 Å². The topological polar surface area (TPSA) is 108 Å². The summed E-state index contributed by atoms with van der Waals surface area (Å²) in [5.74, 6) is -1.86. The van der Waals surface area contributed by atoms with Gasteiger partial charge in [0.1, 0.15) is 0 Å². The Morgan fingerprint density at radius 3 is 2.69 bits per heavy atom. The predicted molar refractivity (Wildman–Crippen MR) is 106 cm³/mol. The molecule has 1 fully saturated rings. The third kappa shape index (κ3) is 4.71. The summed E-state index contributed by atoms with van der Waals surface area (Å²) in [6.07, 6.45) is -4.51. The fraction of sp³-hybridized carbons (Fsp3) is 0.238. The van der Waals surface area contributed by atoms with E-state index >= 15 is 0 Å². The SMILES string of the molecule is O=C(Nc1cccc(-c2noc(=O)[nH]2)c1)C1CC(=O)N(Cc2cccc(C(F)(F)F)c2)C1. The Balaban J connectivity index is 1.41. The standard InChI is InChI=1S/C21H17F3N4O4/c22-21(23,24)15-5-1-3-12(7-15)10-28-11-14(9-17(28)29)19(30)25-16-6-2-4-13(8-16)18-26-20(31)32-27-18/h1-8,14H,9-11H2,(H,25,30)(H,26,27,31). The predicted octanol–water partition coefficient (Wildman–Crippen LogP) is 3.04. The zero-order chi connectivity index (χ0) is 22.9. The minimum absolute atomic E-state index is 0.0124. The lowest BCUT2D eigenvalue weighted by atomic mass is 10.1. The van der Waals surface area contributed by atoms with Crippen LogP contribution in [0.2, 0.25) is 0 Å². The Kier molecular flexibility index (Phi) is 5.56. The van der Waals surface area contributed by atoms with E-state index in [1.807, 2.05) is 0 Å². The third-order valence-electron chi connectivity index (χ3n) is 5.06. The molecular formula is C21H17F3N4O4. The van der Waals surface area contributed by atoms with Gasteiger partial charge in [-0.05, 0) is 29.8 Å². The average molecular weight is 446 g/mol. The molecule has 1 saturated heterocycles. The number of carbonyl (C=O) groups excluding carboxylic acids is 2. The van der Waals surface area contributed by atoms with Crippen LogP contribution in [-0.2, 0) is 22.3 Å². The van der Waals surface area contributed by atoms with Crippen molar-refractivity contribution in [2.75, 3.05) is 11.9 Å². The molecule has 1 unspecified atom stereocenters. The minimum atomic E-state index is -4.47. The number of alkyl halides is 3. The number of halogens is 3. The first-order valence-electron chi connectivity index (χ1n) is 9.60. The monoisotopic (exact) mass is 446 g/mol. The first kappa shape index (κ1) is 21.3. The fourth-order valence-electron chi connectivity index (χ4n) is 3.51. The van der Waals surface area contributed by atoms with Crippen molar-refractivity contribution in [2.45, 2.75) is 19.1 Å². The maximum atomic E-state index is 12.9. The molecule has 11 heteroatoms. The van der Waals surface area contributed by atoms with Gasteiger partial charge < -0.3 is 10.2 Å². The molecule has 0 spiro atoms. The molecule has 8 nitrogen and oxygen atoms in total. The van der Waals surface area contributed by atoms with Crippen LogP contribution < -0.4 is 11.1 Å². The lowest BCUT2D eigenvalue weighted by Crippen LogP contribution is -2.28. The Labute approximate surface area is 179 Å². The van der Waals surface area contributed by atoms with Crippen LogP contribution >= 0.6 is 0 Å². The Hall–Kier alpha value is -3.89. The van der Waals surface area contributed by atoms with E-state index in [4.69, 9.17) is 0 Å². The molecule has 32 heavy (non-hydrogen) atoms. The zero-order valence-corrected chi connectivity index (χ0v) is 16.5. The van der Waals surface area contributed by atoms with Gasteiger partial charge in [-0.3, -0.25) is 19.1 Å². The number of aromatic amines is 1. The highest BCUT2D eigenvalue weighted by atomic mass is 19.4. The lowest BCUT2D eigenvalue weighted by molar-refractivity contribution is -0.137. The molecular weight excluding hydrogens is 429 g/mol. The molecule has 1 aromatic heterocycles. The second-order valence-corrected chi connectivity index (χ2v) is 7.39. The first-order chi connectivity index (χ1) is 15.2. The van der Waals surface area contributed by atoms with Crippen molar-refractivity contribution in [3.8, 4) is 11.4 Å². The number of nitrogens with one attached hydrogen (secondary N) is 2. The summed E-state index contributed by atoms with van der Waals surface area (Å²) < 4.78 is 43.2. The number of hydrogen-bond donors (Lipinski definition) is 2. The first-order valence-corrected chi connectivity index (χ1v) is 9.60. The molecule has 2 heterocycles. The van der Waals surface area contributed by atoms with Crippen LogP contribution in [0.1, 0.15) is 17.5 Å². The molecule has 0 radical (unpaired) electrons. The Morgan fingerprint density at radius 2 is 1.97 bits per heavy atom. The number of H-pyrrole nitrogens is 1. The van der Waals surface area contributed by atoms with Crippen LogP contribution in [0, 0.1) is 5.92 Å². The van der Waals surface area contributed by atoms with Crippen LogP contribution in [0.15, 0.2) is 57.8 Å². The van der Waals surface area contributed by atoms with Gasteiger partial charge >= 0.3 is 11.9 Å². The van der Waals surface area contributed by atoms with Crippen molar-refractivity contribution in [1.82, 2.24) is 15.0 Å². The summed E-state index contributed by atoms with van der Waals surface area (Å²) in [6.45, 7) is 0.0821. The van der Waals surface area contributed by atoms with Crippen LogP contribution in [0.5, 0.6) is 0 Å². The van der Waals surface area contributed by atoms with Gasteiger partial charge in [-0.2, -0.15) is 13.2 Å². The molecule has 1 aliphatic heterocycles. The second-order valence-electron chi connectivity index (χ2n) is 7.39. The van der Waals surface area contributed by atoms with Crippen molar-refractivity contribution in [2.24, 2.45) is 5.92 Å². The zero-order valence-electron chi connectivity index (χ0n) is 16.5. The number of rotatable bonds is 5. The summed E-state index contributed by atoms with van der Waals surface area (Å²) in [5, 5.41) is 6.31. The van der Waals surface area contributed by atoms with Gasteiger partial charge in [0.25, 0.3) is 0 Å². The summed E-state index contributed by atoms with van der Waals surface area (Å²) in [4.78, 5) is 39.9. The molecule has 0 bridgehead atoms. The van der Waals surface area contributed by atoms with E-state index in [9.17, 15) is 27.6 Å². The quantitative estimate of drug-likeness (QED) is 0.626. The van der Waals surface area contributed by atoms with Gasteiger partial charge in [0, 0.05) is 30.8 Å². The Bertz CT molecular complexity index is 1220. The van der Waals surface area contributed by atoms with E-state index < -0.39 is 29.3 Å². The molecule has 1 aliphatic rings. The van der Waals surface area contributed by atoms with Gasteiger partial charge in [0.05, 0.1) is 11.5 Å². The van der Waals surface area contributed by atoms with Gasteiger partial charge in [0.15, 0.2) is 5.82 Å². The normalized spacial score (nSPS) is 16.4. The van der Waals surface area contributed by atoms with E-state index in [-0.39, 0.29) is 31.2 Å². The van der Waals surface area contributed by atoms with Crippen LogP contribution in [0.3, 0.4) is 0 Å². The summed E-state index contributed by atoms with van der Waals surface area (Å²) in [7, 11) is 0. The largest absolute Gasteiger partial charge is 0.439 e. The second kappa shape index (κ2) is 8.33. The van der Waals surface area contributed by atoms with Gasteiger partial charge in [0.2, 0.25) is 11.8 Å². The molecule has 3 aromatic rings. The van der Waals surface area contributed by atoms with Crippen LogP contribution in [0.25, 0.3) is 11.4 Å². The van der Waals surface area contributed by atoms with Crippen molar-refractivity contribution in [3.05, 3.63) is 70.2 Å². The van der Waals surface area contributed by atoms with E-state index in [1.54, 1.807) is 24.3 Å². The molecule has 1 atom stereocenters. The summed E-state index contributed by atoms with van der Waals surface area (Å²) in [6, 6.07) is 11.3. The van der Waals surface area contributed by atoms with E-state index in [0.717, 1.165) is 12.1 Å². The van der Waals surface area contributed by atoms with Gasteiger partial charge in [-0.25, -0.2) is 4.79 Å². The third-order valence-corrected chi connectivity index (χ3v) is 5.06. The van der Waals surface area contributed by atoms with Gasteiger partial charge in [-0.15, -0.1) is 0 Å². The average Bonchev–Trinajstić information content (AvgIpc) is 3.34. The number of benzene rings is 2. The highest BCUT2D eigenvalue weighted by Crippen LogP contribution is 2.30. The molecule has 0 saturated carbocycles. The van der Waals surface area contributed by atoms with E-state index in [0.29, 0.717) is 16.8 Å². The van der Waals surface area contributed by atoms with Gasteiger partial charge in [-0.1, -0.05) is 29.4 Å². The van der Waals surface area contributed by atoms with Crippen molar-refractivity contribution < 1.29 is 27.3 Å². The number of nitrogens with zero attached hydrogens (tertiary/aromatic N) is 2. The Morgan fingerprint density at radius 1 is 1.19 bits per heavy atom. The minimum Gasteiger partial charge on any atom is -0.338 e. The number of anilines is 1. The number of aromatic nitrogens is 2. The lowest BCUT2D eigenvalue weighted by Gasteiger charge is -2.18. The smallest absolute Gasteiger partial charge is 0.338 e. The van der Waals surface area contributed by atoms with Crippen molar-refractivity contribution in [1.29, 1.82) is 0 Å². The highest BCUT2D eigenvalue weighted by molar-refractivity contribution is 5.97.